The molecule has 0 aliphatic rings. The van der Waals surface area contributed by atoms with Gasteiger partial charge in [0, 0.05) is 0 Å². The minimum absolute atomic E-state index is 0.0527. The second kappa shape index (κ2) is 26.3. The zero-order valence-electron chi connectivity index (χ0n) is 64.8. The van der Waals surface area contributed by atoms with Crippen molar-refractivity contribution >= 4 is 56.4 Å². The second-order valence-corrected chi connectivity index (χ2v) is 49.0. The van der Waals surface area contributed by atoms with Gasteiger partial charge < -0.3 is 0 Å². The van der Waals surface area contributed by atoms with Crippen LogP contribution in [-0.4, -0.2) is 34.4 Å². The third kappa shape index (κ3) is 15.5. The molecule has 0 aliphatic carbocycles. The number of fused-ring (bicyclic) bond motifs is 4. The van der Waals surface area contributed by atoms with Crippen LogP contribution >= 0.6 is 0 Å². The van der Waals surface area contributed by atoms with Crippen LogP contribution < -0.4 is 9.47 Å². The van der Waals surface area contributed by atoms with Gasteiger partial charge in [0.05, 0.1) is 0 Å². The summed E-state index contributed by atoms with van der Waals surface area (Å²) in [6, 6.07) is 49.5. The van der Waals surface area contributed by atoms with Crippen LogP contribution in [0.2, 0.25) is 9.50 Å². The van der Waals surface area contributed by atoms with Gasteiger partial charge in [0.25, 0.3) is 0 Å². The van der Waals surface area contributed by atoms with Crippen molar-refractivity contribution in [2.75, 3.05) is 10.9 Å². The quantitative estimate of drug-likeness (QED) is 0.0748. The van der Waals surface area contributed by atoms with E-state index >= 15 is 8.78 Å². The topological polar surface area (TPSA) is 58.9 Å². The summed E-state index contributed by atoms with van der Waals surface area (Å²) in [5.41, 5.74) is 11.3. The molecule has 0 aliphatic heterocycles. The molecule has 99 heavy (non-hydrogen) atoms. The Labute approximate surface area is 595 Å². The van der Waals surface area contributed by atoms with Crippen molar-refractivity contribution < 1.29 is 28.5 Å². The van der Waals surface area contributed by atoms with E-state index in [2.05, 4.69) is 289 Å². The summed E-state index contributed by atoms with van der Waals surface area (Å²) < 4.78 is 47.9. The summed E-state index contributed by atoms with van der Waals surface area (Å²) in [4.78, 5) is 0. The molecule has 524 valence electrons. The molecule has 10 aromatic carbocycles. The summed E-state index contributed by atoms with van der Waals surface area (Å²) in [5.74, 6) is 0.151. The molecule has 0 fully saturated rings. The Kier molecular flexibility index (Phi) is 19.8. The molecule has 0 amide bonds. The van der Waals surface area contributed by atoms with Gasteiger partial charge in [-0.3, -0.25) is 0 Å². The number of phenols is 2. The molecular formula is C92H114F2GeO4. The van der Waals surface area contributed by atoms with Crippen LogP contribution in [0.25, 0.3) is 87.6 Å². The Morgan fingerprint density at radius 2 is 0.636 bits per heavy atom. The summed E-state index contributed by atoms with van der Waals surface area (Å²) in [5, 5.41) is 35.4. The monoisotopic (exact) mass is 1390 g/mol. The van der Waals surface area contributed by atoms with Gasteiger partial charge in [-0.15, -0.1) is 0 Å². The Hall–Kier alpha value is -7.16. The summed E-state index contributed by atoms with van der Waals surface area (Å²) in [6.07, 6.45) is 1.67. The maximum atomic E-state index is 16.5. The zero-order valence-corrected chi connectivity index (χ0v) is 66.9. The number of aromatic hydroxyl groups is 2. The van der Waals surface area contributed by atoms with Crippen LogP contribution in [0, 0.1) is 22.5 Å². The van der Waals surface area contributed by atoms with E-state index < -0.39 is 35.7 Å². The van der Waals surface area contributed by atoms with Crippen molar-refractivity contribution in [1.82, 2.24) is 0 Å². The molecule has 0 aromatic heterocycles. The van der Waals surface area contributed by atoms with Gasteiger partial charge >= 0.3 is 506 Å². The summed E-state index contributed by atoms with van der Waals surface area (Å²) in [7, 11) is 0. The third-order valence-corrected chi connectivity index (χ3v) is 33.9. The molecule has 4 nitrogen and oxygen atoms in total. The normalized spacial score (nSPS) is 13.5. The number of halogens is 2. The van der Waals surface area contributed by atoms with E-state index in [0.717, 1.165) is 78.2 Å². The molecule has 0 unspecified atom stereocenters. The van der Waals surface area contributed by atoms with Crippen molar-refractivity contribution in [3.63, 3.8) is 0 Å². The first-order valence-electron chi connectivity index (χ1n) is 36.2. The van der Waals surface area contributed by atoms with E-state index in [1.165, 1.54) is 46.5 Å². The van der Waals surface area contributed by atoms with Gasteiger partial charge in [-0.1, -0.05) is 83.1 Å². The van der Waals surface area contributed by atoms with E-state index in [1.807, 2.05) is 0 Å². The summed E-state index contributed by atoms with van der Waals surface area (Å²) >= 11 is -3.58. The molecule has 10 aromatic rings. The van der Waals surface area contributed by atoms with Crippen molar-refractivity contribution in [1.29, 1.82) is 0 Å². The van der Waals surface area contributed by atoms with Crippen LogP contribution in [0.1, 0.15) is 226 Å². The number of rotatable bonds is 16. The van der Waals surface area contributed by atoms with Crippen LogP contribution in [0.3, 0.4) is 0 Å². The Balaban J connectivity index is 1.13. The maximum absolute atomic E-state index is 16.5. The first kappa shape index (κ1) is 74.5. The van der Waals surface area contributed by atoms with Crippen molar-refractivity contribution in [2.45, 2.75) is 235 Å². The van der Waals surface area contributed by atoms with Gasteiger partial charge in [0.1, 0.15) is 0 Å². The number of benzene rings is 10. The number of phenolic OH excluding ortho intramolecular Hbond substituents is 2. The first-order chi connectivity index (χ1) is 45.6. The summed E-state index contributed by atoms with van der Waals surface area (Å²) in [6.45, 7) is 58.6. The fraction of sp³-hybridized carbons (Fsp3) is 0.435. The van der Waals surface area contributed by atoms with Crippen molar-refractivity contribution in [3.05, 3.63) is 191 Å². The van der Waals surface area contributed by atoms with E-state index in [9.17, 15) is 10.2 Å². The SMILES string of the molecule is C[CH](C)[Ge]([CH2]Oc1ccc(F)cc1-c1cc(C(C)(C)CC(C)(C)C)cc(-c2c3ccc(C(C)(C)C)cc3cc3ccc(C(C)(C)C)cc23)c1O)([CH2]Oc1ccc(F)cc1-c1cc(C(C)(C)CC(C)(C)C)cc(-c2c3ccc(C(C)(C)C)cc3cc3ccc(C(C)(C)C)cc23)c1O)[CH](C)C. The van der Waals surface area contributed by atoms with Crippen LogP contribution in [0.4, 0.5) is 8.78 Å². The Bertz CT molecular complexity index is 4430. The fourth-order valence-electron chi connectivity index (χ4n) is 15.9. The van der Waals surface area contributed by atoms with E-state index in [-0.39, 0.29) is 53.5 Å². The Morgan fingerprint density at radius 1 is 0.323 bits per heavy atom. The predicted octanol–water partition coefficient (Wildman–Crippen LogP) is 27.1. The molecule has 7 heteroatoms. The zero-order chi connectivity index (χ0) is 73.0. The van der Waals surface area contributed by atoms with Gasteiger partial charge in [0.2, 0.25) is 0 Å². The molecule has 0 saturated carbocycles. The van der Waals surface area contributed by atoms with Crippen molar-refractivity contribution in [2.24, 2.45) is 10.8 Å². The second-order valence-electron chi connectivity index (χ2n) is 37.7. The molecule has 0 radical (unpaired) electrons. The molecular weight excluding hydrogens is 1280 g/mol. The minimum atomic E-state index is -3.58. The van der Waals surface area contributed by atoms with Crippen LogP contribution in [0.5, 0.6) is 23.0 Å². The van der Waals surface area contributed by atoms with Gasteiger partial charge in [0.15, 0.2) is 0 Å². The van der Waals surface area contributed by atoms with Gasteiger partial charge in [-0.2, -0.15) is 0 Å². The molecule has 10 rings (SSSR count). The van der Waals surface area contributed by atoms with E-state index in [4.69, 9.17) is 9.47 Å². The number of ether oxygens (including phenoxy) is 2. The van der Waals surface area contributed by atoms with Crippen LogP contribution in [-0.2, 0) is 32.5 Å². The fourth-order valence-corrected chi connectivity index (χ4v) is 23.4. The molecule has 2 N–H and O–H groups in total. The third-order valence-electron chi connectivity index (χ3n) is 21.4. The van der Waals surface area contributed by atoms with Gasteiger partial charge in [-0.05, 0) is 10.8 Å². The van der Waals surface area contributed by atoms with E-state index in [0.29, 0.717) is 55.8 Å². The first-order valence-corrected chi connectivity index (χ1v) is 41.6. The van der Waals surface area contributed by atoms with Crippen molar-refractivity contribution in [3.8, 4) is 67.5 Å². The average Bonchev–Trinajstić information content (AvgIpc) is 0.737. The molecule has 0 spiro atoms. The van der Waals surface area contributed by atoms with E-state index in [1.54, 1.807) is 12.1 Å². The number of hydrogen-bond donors (Lipinski definition) is 2. The molecule has 0 atom stereocenters. The predicted molar refractivity (Wildman–Crippen MR) is 424 cm³/mol. The number of hydrogen-bond acceptors (Lipinski definition) is 4. The van der Waals surface area contributed by atoms with Gasteiger partial charge in [-0.25, -0.2) is 0 Å². The molecule has 0 bridgehead atoms. The van der Waals surface area contributed by atoms with Crippen LogP contribution in [0.15, 0.2) is 146 Å². The Morgan fingerprint density at radius 3 is 0.949 bits per heavy atom. The average molecular weight is 1390 g/mol. The molecule has 0 heterocycles. The molecule has 0 saturated heterocycles. The standard InChI is InChI=1S/C92H114F2GeO4/c1-55(2)95(56(3)4,53-98-79-37-33-67(93)49-73(79)75-45-65(91(23,24)51-85(5,6)7)47-77(83(75)96)81-69-35-31-61(87(11,12)13)41-59(69)39-57-27-29-63(43-71(57)81)89(17,18)19)54-99-80-38-34-68(94)50-74(80)76-46-66(92(25,26)52-86(8,9)10)48-78(84(76)97)82-70-36-32-62(88(14,15)16)42-60(70)40-58-28-30-64(44-72(58)82)90(20,21)22/h27-50,55-56,96-97H,51-54H2,1-26H3.